The predicted molar refractivity (Wildman–Crippen MR) is 128 cm³/mol. The Labute approximate surface area is 205 Å². The zero-order chi connectivity index (χ0) is 24.7. The van der Waals surface area contributed by atoms with E-state index in [-0.39, 0.29) is 23.4 Å². The molecule has 11 heteroatoms. The van der Waals surface area contributed by atoms with Crippen LogP contribution in [0.1, 0.15) is 28.7 Å². The first kappa shape index (κ1) is 23.0. The van der Waals surface area contributed by atoms with Crippen molar-refractivity contribution in [3.05, 3.63) is 82.3 Å². The van der Waals surface area contributed by atoms with Crippen LogP contribution < -0.4 is 5.32 Å². The number of nitrogens with zero attached hydrogens (tertiary/aromatic N) is 5. The summed E-state index contributed by atoms with van der Waals surface area (Å²) in [7, 11) is 0. The van der Waals surface area contributed by atoms with Crippen molar-refractivity contribution < 1.29 is 18.0 Å². The van der Waals surface area contributed by atoms with E-state index in [0.717, 1.165) is 33.2 Å². The van der Waals surface area contributed by atoms with Gasteiger partial charge in [-0.05, 0) is 39.7 Å². The summed E-state index contributed by atoms with van der Waals surface area (Å²) in [5.74, 6) is -0.591. The third kappa shape index (κ3) is 4.16. The van der Waals surface area contributed by atoms with E-state index in [4.69, 9.17) is 0 Å². The fourth-order valence-electron chi connectivity index (χ4n) is 4.01. The average Bonchev–Trinajstić information content (AvgIpc) is 3.43. The minimum atomic E-state index is -4.71. The topological polar surface area (TPSA) is 77.1 Å². The van der Waals surface area contributed by atoms with Crippen molar-refractivity contribution >= 4 is 38.3 Å². The summed E-state index contributed by atoms with van der Waals surface area (Å²) in [6, 6.07) is 13.7. The number of aromatic nitrogens is 5. The molecule has 3 aromatic heterocycles. The summed E-state index contributed by atoms with van der Waals surface area (Å²) in [4.78, 5) is 17.5. The molecule has 35 heavy (non-hydrogen) atoms. The first-order valence-electron chi connectivity index (χ1n) is 10.7. The van der Waals surface area contributed by atoms with Gasteiger partial charge in [0.1, 0.15) is 5.56 Å². The molecule has 0 fully saturated rings. The highest BCUT2D eigenvalue weighted by Crippen LogP contribution is 2.34. The maximum absolute atomic E-state index is 14.0. The lowest BCUT2D eigenvalue weighted by atomic mass is 10.0. The largest absolute Gasteiger partial charge is 0.433 e. The van der Waals surface area contributed by atoms with Crippen LogP contribution in [0.5, 0.6) is 0 Å². The Hall–Kier alpha value is -3.73. The van der Waals surface area contributed by atoms with Crippen LogP contribution in [0.3, 0.4) is 0 Å². The first-order chi connectivity index (χ1) is 16.8. The molecule has 0 aliphatic heterocycles. The van der Waals surface area contributed by atoms with E-state index in [2.05, 4.69) is 36.4 Å². The monoisotopic (exact) mass is 542 g/mol. The number of carbonyl (C=O) groups excluding carboxylic acids is 1. The number of fused-ring (bicyclic) bond motifs is 2. The Balaban J connectivity index is 1.61. The third-order valence-electron chi connectivity index (χ3n) is 5.69. The van der Waals surface area contributed by atoms with Crippen LogP contribution in [-0.2, 0) is 19.3 Å². The molecule has 0 radical (unpaired) electrons. The summed E-state index contributed by atoms with van der Waals surface area (Å²) >= 11 is 3.39. The summed E-state index contributed by atoms with van der Waals surface area (Å²) in [6.45, 7) is 2.63. The highest BCUT2D eigenvalue weighted by atomic mass is 79.9. The van der Waals surface area contributed by atoms with Gasteiger partial charge in [0, 0.05) is 12.1 Å². The Morgan fingerprint density at radius 1 is 1.09 bits per heavy atom. The van der Waals surface area contributed by atoms with Gasteiger partial charge in [-0.25, -0.2) is 9.50 Å². The second-order valence-corrected chi connectivity index (χ2v) is 8.64. The van der Waals surface area contributed by atoms with Gasteiger partial charge in [0.2, 0.25) is 0 Å². The lowest BCUT2D eigenvalue weighted by Crippen LogP contribution is -2.25. The molecule has 0 unspecified atom stereocenters. The number of benzene rings is 2. The Bertz CT molecular complexity index is 1570. The van der Waals surface area contributed by atoms with Crippen LogP contribution in [-0.4, -0.2) is 30.3 Å². The number of aryl methyl sites for hydroxylation is 1. The zero-order valence-electron chi connectivity index (χ0n) is 18.3. The molecule has 7 nitrogen and oxygen atoms in total. The van der Waals surface area contributed by atoms with Crippen molar-refractivity contribution in [1.29, 1.82) is 0 Å². The standard InChI is InChI=1S/C24H18BrF3N6O/c1-2-33-20(18(25)12-30-33)13-29-23(35)17-11-31-34-21(24(26,27)28)10-19(32-22(17)34)16-9-5-7-14-6-3-4-8-15(14)16/h3-12H,2,13H2,1H3,(H,29,35). The molecular formula is C24H18BrF3N6O. The highest BCUT2D eigenvalue weighted by molar-refractivity contribution is 9.10. The smallest absolute Gasteiger partial charge is 0.346 e. The van der Waals surface area contributed by atoms with Crippen molar-refractivity contribution in [3.8, 4) is 11.3 Å². The van der Waals surface area contributed by atoms with Gasteiger partial charge in [-0.15, -0.1) is 0 Å². The minimum absolute atomic E-state index is 0.0590. The van der Waals surface area contributed by atoms with Crippen molar-refractivity contribution in [2.24, 2.45) is 0 Å². The van der Waals surface area contributed by atoms with Crippen LogP contribution in [0, 0.1) is 0 Å². The van der Waals surface area contributed by atoms with Gasteiger partial charge in [-0.1, -0.05) is 42.5 Å². The maximum atomic E-state index is 14.0. The Morgan fingerprint density at radius 3 is 2.63 bits per heavy atom. The van der Waals surface area contributed by atoms with Gasteiger partial charge in [-0.3, -0.25) is 9.48 Å². The average molecular weight is 543 g/mol. The van der Waals surface area contributed by atoms with Gasteiger partial charge in [0.25, 0.3) is 5.91 Å². The molecule has 3 heterocycles. The predicted octanol–water partition coefficient (Wildman–Crippen LogP) is 5.48. The molecule has 5 aromatic rings. The molecule has 5 rings (SSSR count). The van der Waals surface area contributed by atoms with Crippen LogP contribution >= 0.6 is 15.9 Å². The number of nitrogens with one attached hydrogen (secondary N) is 1. The van der Waals surface area contributed by atoms with E-state index >= 15 is 0 Å². The van der Waals surface area contributed by atoms with Gasteiger partial charge in [0.15, 0.2) is 11.3 Å². The van der Waals surface area contributed by atoms with E-state index in [1.165, 1.54) is 0 Å². The fraction of sp³-hybridized carbons (Fsp3) is 0.167. The summed E-state index contributed by atoms with van der Waals surface area (Å²) in [6.07, 6.45) is -1.99. The number of rotatable bonds is 5. The number of hydrogen-bond acceptors (Lipinski definition) is 4. The minimum Gasteiger partial charge on any atom is -0.346 e. The van der Waals surface area contributed by atoms with Crippen LogP contribution in [0.15, 0.2) is 65.4 Å². The van der Waals surface area contributed by atoms with Crippen molar-refractivity contribution in [2.45, 2.75) is 26.2 Å². The summed E-state index contributed by atoms with van der Waals surface area (Å²) < 4.78 is 45.1. The van der Waals surface area contributed by atoms with E-state index in [0.29, 0.717) is 16.6 Å². The summed E-state index contributed by atoms with van der Waals surface area (Å²) in [5.41, 5.74) is 0.107. The van der Waals surface area contributed by atoms with Gasteiger partial charge in [-0.2, -0.15) is 23.4 Å². The maximum Gasteiger partial charge on any atom is 0.433 e. The second-order valence-electron chi connectivity index (χ2n) is 7.78. The van der Waals surface area contributed by atoms with Gasteiger partial charge in [0.05, 0.1) is 34.8 Å². The van der Waals surface area contributed by atoms with E-state index in [9.17, 15) is 18.0 Å². The molecule has 1 amide bonds. The van der Waals surface area contributed by atoms with Crippen LogP contribution in [0.4, 0.5) is 13.2 Å². The van der Waals surface area contributed by atoms with Crippen LogP contribution in [0.2, 0.25) is 0 Å². The van der Waals surface area contributed by atoms with Crippen molar-refractivity contribution in [2.75, 3.05) is 0 Å². The molecule has 2 aromatic carbocycles. The third-order valence-corrected chi connectivity index (χ3v) is 6.35. The molecule has 178 valence electrons. The van der Waals surface area contributed by atoms with E-state index in [1.807, 2.05) is 37.3 Å². The molecular weight excluding hydrogens is 525 g/mol. The molecule has 0 aliphatic rings. The Kier molecular flexibility index (Phi) is 5.79. The number of amides is 1. The fourth-order valence-corrected chi connectivity index (χ4v) is 4.44. The summed E-state index contributed by atoms with van der Waals surface area (Å²) in [5, 5.41) is 12.4. The molecule has 0 aliphatic carbocycles. The second kappa shape index (κ2) is 8.81. The van der Waals surface area contributed by atoms with Crippen LogP contribution in [0.25, 0.3) is 27.7 Å². The van der Waals surface area contributed by atoms with E-state index < -0.39 is 17.8 Å². The molecule has 1 N–H and O–H groups in total. The van der Waals surface area contributed by atoms with Gasteiger partial charge >= 0.3 is 6.18 Å². The molecule has 0 atom stereocenters. The number of halogens is 4. The highest BCUT2D eigenvalue weighted by Gasteiger charge is 2.36. The number of hydrogen-bond donors (Lipinski definition) is 1. The van der Waals surface area contributed by atoms with Crippen molar-refractivity contribution in [3.63, 3.8) is 0 Å². The normalized spacial score (nSPS) is 11.9. The molecule has 0 bridgehead atoms. The molecule has 0 saturated heterocycles. The lowest BCUT2D eigenvalue weighted by molar-refractivity contribution is -0.142. The zero-order valence-corrected chi connectivity index (χ0v) is 19.9. The number of alkyl halides is 3. The lowest BCUT2D eigenvalue weighted by Gasteiger charge is -2.13. The SMILES string of the molecule is CCn1ncc(Br)c1CNC(=O)c1cnn2c(C(F)(F)F)cc(-c3cccc4ccccc34)nc12. The molecule has 0 spiro atoms. The van der Waals surface area contributed by atoms with E-state index in [1.54, 1.807) is 23.0 Å². The van der Waals surface area contributed by atoms with Gasteiger partial charge < -0.3 is 5.32 Å². The quantitative estimate of drug-likeness (QED) is 0.319. The Morgan fingerprint density at radius 2 is 1.86 bits per heavy atom. The number of carbonyl (C=O) groups is 1. The molecule has 0 saturated carbocycles. The first-order valence-corrected chi connectivity index (χ1v) is 11.5. The van der Waals surface area contributed by atoms with Crippen molar-refractivity contribution in [1.82, 2.24) is 29.7 Å².